The smallest absolute Gasteiger partial charge is 0.119 e. The van der Waals surface area contributed by atoms with Gasteiger partial charge in [-0.15, -0.1) is 0 Å². The van der Waals surface area contributed by atoms with Crippen LogP contribution in [-0.4, -0.2) is 18.7 Å². The van der Waals surface area contributed by atoms with Crippen molar-refractivity contribution < 1.29 is 4.74 Å². The highest BCUT2D eigenvalue weighted by Crippen LogP contribution is 2.18. The summed E-state index contributed by atoms with van der Waals surface area (Å²) in [5, 5.41) is 3.63. The van der Waals surface area contributed by atoms with Crippen LogP contribution >= 0.6 is 0 Å². The fourth-order valence-electron chi connectivity index (χ4n) is 2.13. The molecular weight excluding hydrogens is 210 g/mol. The minimum Gasteiger partial charge on any atom is -0.492 e. The van der Waals surface area contributed by atoms with Gasteiger partial charge in [0.05, 0.1) is 0 Å². The normalized spacial score (nSPS) is 11.5. The molecule has 17 heavy (non-hydrogen) atoms. The van der Waals surface area contributed by atoms with Crippen LogP contribution in [-0.2, 0) is 0 Å². The molecule has 96 valence electrons. The Morgan fingerprint density at radius 2 is 1.59 bits per heavy atom. The van der Waals surface area contributed by atoms with Crippen LogP contribution in [0.3, 0.4) is 0 Å². The Bertz CT molecular complexity index is 285. The van der Waals surface area contributed by atoms with Gasteiger partial charge in [-0.25, -0.2) is 0 Å². The minimum atomic E-state index is 0.292. The summed E-state index contributed by atoms with van der Waals surface area (Å²) in [6.07, 6.45) is 3.52. The zero-order chi connectivity index (χ0) is 12.6. The van der Waals surface area contributed by atoms with Crippen molar-refractivity contribution in [3.05, 3.63) is 30.3 Å². The van der Waals surface area contributed by atoms with Gasteiger partial charge in [0.25, 0.3) is 0 Å². The van der Waals surface area contributed by atoms with E-state index in [9.17, 15) is 0 Å². The fraction of sp³-hybridized carbons (Fsp3) is 0.600. The Morgan fingerprint density at radius 3 is 2.12 bits per heavy atom. The number of benzene rings is 1. The summed E-state index contributed by atoms with van der Waals surface area (Å²) >= 11 is 0. The molecule has 2 nitrogen and oxygen atoms in total. The van der Waals surface area contributed by atoms with Crippen LogP contribution in [0.25, 0.3) is 0 Å². The van der Waals surface area contributed by atoms with Gasteiger partial charge >= 0.3 is 0 Å². The van der Waals surface area contributed by atoms with Crippen molar-refractivity contribution in [2.24, 2.45) is 0 Å². The van der Waals surface area contributed by atoms with Gasteiger partial charge < -0.3 is 10.1 Å². The highest BCUT2D eigenvalue weighted by atomic mass is 16.5. The summed E-state index contributed by atoms with van der Waals surface area (Å²) in [6.45, 7) is 8.38. The van der Waals surface area contributed by atoms with Crippen molar-refractivity contribution in [3.63, 3.8) is 0 Å². The third kappa shape index (κ3) is 4.39. The number of ether oxygens (including phenoxy) is 1. The quantitative estimate of drug-likeness (QED) is 0.695. The van der Waals surface area contributed by atoms with E-state index in [0.717, 1.165) is 18.9 Å². The zero-order valence-corrected chi connectivity index (χ0v) is 11.3. The monoisotopic (exact) mass is 235 g/mol. The first-order valence-electron chi connectivity index (χ1n) is 6.69. The molecule has 0 saturated heterocycles. The van der Waals surface area contributed by atoms with Crippen molar-refractivity contribution >= 4 is 0 Å². The van der Waals surface area contributed by atoms with E-state index in [-0.39, 0.29) is 0 Å². The summed E-state index contributed by atoms with van der Waals surface area (Å²) in [5.41, 5.74) is 0.292. The largest absolute Gasteiger partial charge is 0.492 e. The molecule has 1 rings (SSSR count). The SMILES string of the molecule is CCC(CC)(CC)NCCOc1ccccc1. The lowest BCUT2D eigenvalue weighted by molar-refractivity contribution is 0.247. The van der Waals surface area contributed by atoms with Crippen LogP contribution in [0.5, 0.6) is 5.75 Å². The summed E-state index contributed by atoms with van der Waals surface area (Å²) in [7, 11) is 0. The zero-order valence-electron chi connectivity index (χ0n) is 11.3. The number of para-hydroxylation sites is 1. The summed E-state index contributed by atoms with van der Waals surface area (Å²) in [5.74, 6) is 0.949. The lowest BCUT2D eigenvalue weighted by atomic mass is 9.90. The van der Waals surface area contributed by atoms with E-state index in [4.69, 9.17) is 4.74 Å². The van der Waals surface area contributed by atoms with E-state index in [1.54, 1.807) is 0 Å². The molecule has 0 atom stereocenters. The maximum absolute atomic E-state index is 5.67. The highest BCUT2D eigenvalue weighted by molar-refractivity contribution is 5.20. The van der Waals surface area contributed by atoms with E-state index in [1.165, 1.54) is 19.3 Å². The van der Waals surface area contributed by atoms with Gasteiger partial charge in [-0.05, 0) is 31.4 Å². The fourth-order valence-corrected chi connectivity index (χ4v) is 2.13. The van der Waals surface area contributed by atoms with Crippen LogP contribution in [0.15, 0.2) is 30.3 Å². The molecule has 0 unspecified atom stereocenters. The predicted molar refractivity (Wildman–Crippen MR) is 73.5 cm³/mol. The van der Waals surface area contributed by atoms with Crippen molar-refractivity contribution in [2.45, 2.75) is 45.6 Å². The molecule has 0 heterocycles. The second kappa shape index (κ2) is 7.33. The van der Waals surface area contributed by atoms with Crippen LogP contribution in [0.2, 0.25) is 0 Å². The van der Waals surface area contributed by atoms with Gasteiger partial charge in [-0.2, -0.15) is 0 Å². The average molecular weight is 235 g/mol. The Morgan fingerprint density at radius 1 is 1.00 bits per heavy atom. The van der Waals surface area contributed by atoms with Gasteiger partial charge in [-0.1, -0.05) is 39.0 Å². The first kappa shape index (κ1) is 14.0. The summed E-state index contributed by atoms with van der Waals surface area (Å²) < 4.78 is 5.67. The lowest BCUT2D eigenvalue weighted by Crippen LogP contribution is -2.45. The van der Waals surface area contributed by atoms with Crippen LogP contribution < -0.4 is 10.1 Å². The second-order valence-electron chi connectivity index (χ2n) is 4.43. The molecule has 0 aliphatic heterocycles. The first-order chi connectivity index (χ1) is 8.26. The molecule has 0 radical (unpaired) electrons. The molecule has 0 bridgehead atoms. The Labute approximate surface area is 105 Å². The molecule has 0 saturated carbocycles. The molecule has 0 amide bonds. The molecular formula is C15H25NO. The number of hydrogen-bond donors (Lipinski definition) is 1. The maximum atomic E-state index is 5.67. The Balaban J connectivity index is 2.28. The molecule has 0 aromatic heterocycles. The van der Waals surface area contributed by atoms with Crippen LogP contribution in [0, 0.1) is 0 Å². The topological polar surface area (TPSA) is 21.3 Å². The van der Waals surface area contributed by atoms with Crippen LogP contribution in [0.1, 0.15) is 40.0 Å². The van der Waals surface area contributed by atoms with Gasteiger partial charge in [0.15, 0.2) is 0 Å². The highest BCUT2D eigenvalue weighted by Gasteiger charge is 2.22. The Kier molecular flexibility index (Phi) is 6.06. The molecule has 1 aromatic rings. The maximum Gasteiger partial charge on any atom is 0.119 e. The van der Waals surface area contributed by atoms with Crippen molar-refractivity contribution in [1.29, 1.82) is 0 Å². The van der Waals surface area contributed by atoms with Gasteiger partial charge in [0.2, 0.25) is 0 Å². The van der Waals surface area contributed by atoms with Crippen molar-refractivity contribution in [1.82, 2.24) is 5.32 Å². The molecule has 0 fully saturated rings. The first-order valence-corrected chi connectivity index (χ1v) is 6.69. The number of nitrogens with one attached hydrogen (secondary N) is 1. The van der Waals surface area contributed by atoms with Gasteiger partial charge in [-0.3, -0.25) is 0 Å². The van der Waals surface area contributed by atoms with Crippen molar-refractivity contribution in [2.75, 3.05) is 13.2 Å². The van der Waals surface area contributed by atoms with E-state index < -0.39 is 0 Å². The molecule has 1 aromatic carbocycles. The Hall–Kier alpha value is -1.02. The molecule has 0 aliphatic carbocycles. The third-order valence-electron chi connectivity index (χ3n) is 3.64. The van der Waals surface area contributed by atoms with Crippen molar-refractivity contribution in [3.8, 4) is 5.75 Å². The van der Waals surface area contributed by atoms with E-state index in [0.29, 0.717) is 5.54 Å². The molecule has 0 aliphatic rings. The average Bonchev–Trinajstić information content (AvgIpc) is 2.41. The van der Waals surface area contributed by atoms with Gasteiger partial charge in [0, 0.05) is 12.1 Å². The standard InChI is InChI=1S/C15H25NO/c1-4-15(5-2,6-3)16-12-13-17-14-10-8-7-9-11-14/h7-11,16H,4-6,12-13H2,1-3H3. The molecule has 1 N–H and O–H groups in total. The third-order valence-corrected chi connectivity index (χ3v) is 3.64. The van der Waals surface area contributed by atoms with E-state index >= 15 is 0 Å². The summed E-state index contributed by atoms with van der Waals surface area (Å²) in [4.78, 5) is 0. The molecule has 2 heteroatoms. The lowest BCUT2D eigenvalue weighted by Gasteiger charge is -2.32. The van der Waals surface area contributed by atoms with E-state index in [2.05, 4.69) is 26.1 Å². The molecule has 0 spiro atoms. The van der Waals surface area contributed by atoms with E-state index in [1.807, 2.05) is 30.3 Å². The van der Waals surface area contributed by atoms with Crippen LogP contribution in [0.4, 0.5) is 0 Å². The second-order valence-corrected chi connectivity index (χ2v) is 4.43. The van der Waals surface area contributed by atoms with Gasteiger partial charge in [0.1, 0.15) is 12.4 Å². The predicted octanol–water partition coefficient (Wildman–Crippen LogP) is 3.62. The minimum absolute atomic E-state index is 0.292. The number of rotatable bonds is 8. The number of hydrogen-bond acceptors (Lipinski definition) is 2. The summed E-state index contributed by atoms with van der Waals surface area (Å²) in [6, 6.07) is 9.98.